The Bertz CT molecular complexity index is 501. The fourth-order valence-corrected chi connectivity index (χ4v) is 2.73. The van der Waals surface area contributed by atoms with Crippen molar-refractivity contribution in [3.63, 3.8) is 0 Å². The van der Waals surface area contributed by atoms with Crippen molar-refractivity contribution in [1.82, 2.24) is 10.3 Å². The summed E-state index contributed by atoms with van der Waals surface area (Å²) < 4.78 is 0. The topological polar surface area (TPSA) is 70.7 Å². The van der Waals surface area contributed by atoms with Crippen LogP contribution in [-0.4, -0.2) is 36.2 Å². The molecule has 5 nitrogen and oxygen atoms in total. The fraction of sp³-hybridized carbons (Fsp3) is 0.429. The molecule has 3 saturated heterocycles. The van der Waals surface area contributed by atoms with Gasteiger partial charge in [0.15, 0.2) is 0 Å². The Balaban J connectivity index is 1.65. The average Bonchev–Trinajstić information content (AvgIpc) is 2.47. The van der Waals surface area contributed by atoms with Crippen molar-refractivity contribution in [2.24, 2.45) is 11.0 Å². The molecule has 0 aromatic heterocycles. The van der Waals surface area contributed by atoms with Crippen molar-refractivity contribution >= 4 is 17.3 Å². The van der Waals surface area contributed by atoms with Gasteiger partial charge in [0.25, 0.3) is 5.91 Å². The molecule has 19 heavy (non-hydrogen) atoms. The van der Waals surface area contributed by atoms with Crippen LogP contribution in [0.2, 0.25) is 0 Å². The van der Waals surface area contributed by atoms with Crippen molar-refractivity contribution in [2.75, 3.05) is 25.4 Å². The predicted molar refractivity (Wildman–Crippen MR) is 74.9 cm³/mol. The maximum Gasteiger partial charge on any atom is 0.271 e. The Morgan fingerprint density at radius 1 is 1.26 bits per heavy atom. The van der Waals surface area contributed by atoms with Crippen molar-refractivity contribution in [3.05, 3.63) is 29.8 Å². The van der Waals surface area contributed by atoms with E-state index in [1.165, 1.54) is 0 Å². The molecule has 4 rings (SSSR count). The van der Waals surface area contributed by atoms with E-state index in [4.69, 9.17) is 5.73 Å². The third-order valence-electron chi connectivity index (χ3n) is 3.92. The number of piperidine rings is 3. The van der Waals surface area contributed by atoms with Gasteiger partial charge in [-0.1, -0.05) is 0 Å². The number of anilines is 1. The standard InChI is InChI=1S/C14H18N4O/c15-12-3-1-11(2-4-12)14(19)17-16-13-9-18-7-5-10(13)6-8-18/h1-4,10H,5-9,15H2,(H,17,19). The first-order valence-electron chi connectivity index (χ1n) is 6.67. The van der Waals surface area contributed by atoms with Crippen LogP contribution in [0.3, 0.4) is 0 Å². The molecule has 0 spiro atoms. The van der Waals surface area contributed by atoms with Crippen LogP contribution in [0, 0.1) is 5.92 Å². The van der Waals surface area contributed by atoms with Crippen molar-refractivity contribution in [2.45, 2.75) is 12.8 Å². The van der Waals surface area contributed by atoms with Crippen LogP contribution in [-0.2, 0) is 0 Å². The summed E-state index contributed by atoms with van der Waals surface area (Å²) >= 11 is 0. The third kappa shape index (κ3) is 2.61. The van der Waals surface area contributed by atoms with Crippen LogP contribution >= 0.6 is 0 Å². The summed E-state index contributed by atoms with van der Waals surface area (Å²) in [5.41, 5.74) is 10.6. The second kappa shape index (κ2) is 5.01. The molecule has 0 unspecified atom stereocenters. The number of nitrogens with two attached hydrogens (primary N) is 1. The largest absolute Gasteiger partial charge is 0.399 e. The minimum absolute atomic E-state index is 0.177. The molecule has 0 saturated carbocycles. The van der Waals surface area contributed by atoms with Gasteiger partial charge in [-0.25, -0.2) is 5.43 Å². The molecular formula is C14H18N4O. The number of nitrogens with one attached hydrogen (secondary N) is 1. The number of fused-ring (bicyclic) bond motifs is 3. The molecule has 3 heterocycles. The highest BCUT2D eigenvalue weighted by Gasteiger charge is 2.30. The van der Waals surface area contributed by atoms with E-state index in [1.807, 2.05) is 0 Å². The van der Waals surface area contributed by atoms with Gasteiger partial charge in [-0.05, 0) is 50.2 Å². The number of hydrogen-bond acceptors (Lipinski definition) is 4. The Hall–Kier alpha value is -1.88. The van der Waals surface area contributed by atoms with Gasteiger partial charge in [0.2, 0.25) is 0 Å². The first-order chi connectivity index (χ1) is 9.22. The molecule has 5 heteroatoms. The number of nitrogen functional groups attached to an aromatic ring is 1. The number of hydrogen-bond donors (Lipinski definition) is 2. The number of carbonyl (C=O) groups excluding carboxylic acids is 1. The summed E-state index contributed by atoms with van der Waals surface area (Å²) in [6.45, 7) is 3.22. The van der Waals surface area contributed by atoms with Crippen molar-refractivity contribution in [1.29, 1.82) is 0 Å². The normalized spacial score (nSPS) is 27.5. The maximum atomic E-state index is 11.9. The van der Waals surface area contributed by atoms with Gasteiger partial charge in [0.1, 0.15) is 0 Å². The van der Waals surface area contributed by atoms with E-state index in [1.54, 1.807) is 24.3 Å². The van der Waals surface area contributed by atoms with E-state index in [0.717, 1.165) is 38.2 Å². The number of hydrazone groups is 1. The number of nitrogens with zero attached hydrogens (tertiary/aromatic N) is 2. The Morgan fingerprint density at radius 2 is 1.95 bits per heavy atom. The molecule has 3 aliphatic rings. The van der Waals surface area contributed by atoms with Crippen molar-refractivity contribution in [3.8, 4) is 0 Å². The van der Waals surface area contributed by atoms with Crippen LogP contribution < -0.4 is 11.2 Å². The summed E-state index contributed by atoms with van der Waals surface area (Å²) in [7, 11) is 0. The second-order valence-corrected chi connectivity index (χ2v) is 5.22. The first-order valence-corrected chi connectivity index (χ1v) is 6.67. The molecule has 100 valence electrons. The summed E-state index contributed by atoms with van der Waals surface area (Å²) in [5.74, 6) is 0.376. The van der Waals surface area contributed by atoms with Gasteiger partial charge in [0.05, 0.1) is 5.71 Å². The highest BCUT2D eigenvalue weighted by Crippen LogP contribution is 2.24. The van der Waals surface area contributed by atoms with E-state index in [9.17, 15) is 4.79 Å². The molecule has 0 aliphatic carbocycles. The zero-order valence-electron chi connectivity index (χ0n) is 10.8. The minimum atomic E-state index is -0.177. The highest BCUT2D eigenvalue weighted by molar-refractivity contribution is 5.96. The molecule has 0 atom stereocenters. The number of benzene rings is 1. The van der Waals surface area contributed by atoms with E-state index in [0.29, 0.717) is 17.2 Å². The van der Waals surface area contributed by atoms with Crippen molar-refractivity contribution < 1.29 is 4.79 Å². The van der Waals surface area contributed by atoms with Gasteiger partial charge in [0, 0.05) is 23.7 Å². The van der Waals surface area contributed by atoms with Gasteiger partial charge >= 0.3 is 0 Å². The molecule has 1 aromatic rings. The molecule has 1 amide bonds. The summed E-state index contributed by atoms with van der Waals surface area (Å²) in [4.78, 5) is 14.3. The summed E-state index contributed by atoms with van der Waals surface area (Å²) in [5, 5.41) is 4.31. The molecule has 0 radical (unpaired) electrons. The smallest absolute Gasteiger partial charge is 0.271 e. The summed E-state index contributed by atoms with van der Waals surface area (Å²) in [6, 6.07) is 6.86. The Morgan fingerprint density at radius 3 is 2.53 bits per heavy atom. The van der Waals surface area contributed by atoms with E-state index in [-0.39, 0.29) is 5.91 Å². The fourth-order valence-electron chi connectivity index (χ4n) is 2.73. The summed E-state index contributed by atoms with van der Waals surface area (Å²) in [6.07, 6.45) is 2.33. The lowest BCUT2D eigenvalue weighted by molar-refractivity contribution is 0.0953. The van der Waals surface area contributed by atoms with Crippen LogP contribution in [0.4, 0.5) is 5.69 Å². The number of carbonyl (C=O) groups is 1. The zero-order chi connectivity index (χ0) is 13.2. The Kier molecular flexibility index (Phi) is 3.21. The Labute approximate surface area is 112 Å². The van der Waals surface area contributed by atoms with E-state index < -0.39 is 0 Å². The first kappa shape index (κ1) is 12.2. The van der Waals surface area contributed by atoms with Crippen LogP contribution in [0.1, 0.15) is 23.2 Å². The maximum absolute atomic E-state index is 11.9. The second-order valence-electron chi connectivity index (χ2n) is 5.22. The molecule has 3 aliphatic heterocycles. The highest BCUT2D eigenvalue weighted by atomic mass is 16.2. The molecule has 1 aromatic carbocycles. The molecule has 3 fully saturated rings. The molecule has 3 N–H and O–H groups in total. The quantitative estimate of drug-likeness (QED) is 0.616. The zero-order valence-corrected chi connectivity index (χ0v) is 10.8. The van der Waals surface area contributed by atoms with Gasteiger partial charge in [-0.2, -0.15) is 5.10 Å². The molecule has 2 bridgehead atoms. The SMILES string of the molecule is Nc1ccc(C(=O)NN=C2CN3CCC2CC3)cc1. The van der Waals surface area contributed by atoms with Gasteiger partial charge < -0.3 is 5.73 Å². The van der Waals surface area contributed by atoms with Gasteiger partial charge in [-0.3, -0.25) is 9.69 Å². The monoisotopic (exact) mass is 258 g/mol. The number of amides is 1. The minimum Gasteiger partial charge on any atom is -0.399 e. The van der Waals surface area contributed by atoms with Crippen LogP contribution in [0.25, 0.3) is 0 Å². The lowest BCUT2D eigenvalue weighted by atomic mass is 9.87. The number of rotatable bonds is 2. The van der Waals surface area contributed by atoms with Gasteiger partial charge in [-0.15, -0.1) is 0 Å². The molecular weight excluding hydrogens is 240 g/mol. The lowest BCUT2D eigenvalue weighted by Gasteiger charge is -2.39. The predicted octanol–water partition coefficient (Wildman–Crippen LogP) is 1.08. The van der Waals surface area contributed by atoms with Crippen LogP contribution in [0.15, 0.2) is 29.4 Å². The lowest BCUT2D eigenvalue weighted by Crippen LogP contribution is -2.48. The van der Waals surface area contributed by atoms with E-state index >= 15 is 0 Å². The van der Waals surface area contributed by atoms with E-state index in [2.05, 4.69) is 15.4 Å². The average molecular weight is 258 g/mol. The van der Waals surface area contributed by atoms with Crippen LogP contribution in [0.5, 0.6) is 0 Å². The third-order valence-corrected chi connectivity index (χ3v) is 3.92.